The molecule has 100 valence electrons. The molecule has 2 nitrogen and oxygen atoms in total. The van der Waals surface area contributed by atoms with E-state index in [9.17, 15) is 0 Å². The topological polar surface area (TPSA) is 24.9 Å². The van der Waals surface area contributed by atoms with Gasteiger partial charge in [-0.15, -0.1) is 0 Å². The molecule has 1 aromatic heterocycles. The molecule has 0 aliphatic carbocycles. The van der Waals surface area contributed by atoms with Gasteiger partial charge in [0.1, 0.15) is 0 Å². The summed E-state index contributed by atoms with van der Waals surface area (Å²) < 4.78 is 0. The Balaban J connectivity index is 2.26. The number of nitrogens with one attached hydrogen (secondary N) is 1. The Hall–Kier alpha value is -1.67. The van der Waals surface area contributed by atoms with E-state index in [1.54, 1.807) is 0 Å². The zero-order valence-corrected chi connectivity index (χ0v) is 12.2. The summed E-state index contributed by atoms with van der Waals surface area (Å²) in [7, 11) is 2.01. The predicted molar refractivity (Wildman–Crippen MR) is 80.4 cm³/mol. The molecule has 2 heteroatoms. The predicted octanol–water partition coefficient (Wildman–Crippen LogP) is 3.51. The van der Waals surface area contributed by atoms with Crippen molar-refractivity contribution in [2.45, 2.75) is 33.2 Å². The van der Waals surface area contributed by atoms with Crippen LogP contribution in [0, 0.1) is 20.8 Å². The Labute approximate surface area is 115 Å². The molecule has 1 atom stereocenters. The minimum atomic E-state index is 0.313. The molecule has 0 saturated heterocycles. The lowest BCUT2D eigenvalue weighted by molar-refractivity contribution is 0.588. The lowest BCUT2D eigenvalue weighted by atomic mass is 9.95. The lowest BCUT2D eigenvalue weighted by Crippen LogP contribution is -2.19. The van der Waals surface area contributed by atoms with Gasteiger partial charge in [0.2, 0.25) is 0 Å². The minimum Gasteiger partial charge on any atom is -0.313 e. The summed E-state index contributed by atoms with van der Waals surface area (Å²) in [6.07, 6.45) is 4.85. The molecular formula is C17H22N2. The Kier molecular flexibility index (Phi) is 4.33. The molecule has 1 aromatic carbocycles. The molecule has 0 aliphatic rings. The van der Waals surface area contributed by atoms with Gasteiger partial charge in [0, 0.05) is 18.4 Å². The van der Waals surface area contributed by atoms with Gasteiger partial charge in [-0.25, -0.2) is 0 Å². The molecule has 0 spiro atoms. The van der Waals surface area contributed by atoms with Crippen molar-refractivity contribution >= 4 is 0 Å². The van der Waals surface area contributed by atoms with Crippen molar-refractivity contribution in [3.63, 3.8) is 0 Å². The van der Waals surface area contributed by atoms with Crippen molar-refractivity contribution in [3.05, 3.63) is 64.5 Å². The standard InChI is InChI=1S/C17H22N2/c1-12-5-6-14(3)15(7-12)9-17(18-4)16-8-13(2)10-19-11-16/h5-8,10-11,17-18H,9H2,1-4H3. The number of rotatable bonds is 4. The largest absolute Gasteiger partial charge is 0.313 e. The molecule has 0 saturated carbocycles. The summed E-state index contributed by atoms with van der Waals surface area (Å²) >= 11 is 0. The molecule has 1 heterocycles. The van der Waals surface area contributed by atoms with Gasteiger partial charge in [0.15, 0.2) is 0 Å². The lowest BCUT2D eigenvalue weighted by Gasteiger charge is -2.18. The van der Waals surface area contributed by atoms with Crippen LogP contribution in [0.25, 0.3) is 0 Å². The van der Waals surface area contributed by atoms with Gasteiger partial charge >= 0.3 is 0 Å². The van der Waals surface area contributed by atoms with E-state index >= 15 is 0 Å². The van der Waals surface area contributed by atoms with Crippen molar-refractivity contribution in [1.29, 1.82) is 0 Å². The highest BCUT2D eigenvalue weighted by molar-refractivity contribution is 5.32. The Morgan fingerprint density at radius 1 is 1.05 bits per heavy atom. The average Bonchev–Trinajstić information content (AvgIpc) is 2.39. The van der Waals surface area contributed by atoms with E-state index in [-0.39, 0.29) is 0 Å². The molecule has 0 aliphatic heterocycles. The van der Waals surface area contributed by atoms with Crippen molar-refractivity contribution in [3.8, 4) is 0 Å². The van der Waals surface area contributed by atoms with E-state index < -0.39 is 0 Å². The summed E-state index contributed by atoms with van der Waals surface area (Å²) in [5.41, 5.74) is 6.53. The highest BCUT2D eigenvalue weighted by Gasteiger charge is 2.12. The molecule has 2 rings (SSSR count). The SMILES string of the molecule is CNC(Cc1cc(C)ccc1C)c1cncc(C)c1. The van der Waals surface area contributed by atoms with E-state index in [1.165, 1.54) is 27.8 Å². The van der Waals surface area contributed by atoms with E-state index in [0.29, 0.717) is 6.04 Å². The average molecular weight is 254 g/mol. The van der Waals surface area contributed by atoms with Crippen molar-refractivity contribution in [2.75, 3.05) is 7.05 Å². The second-order valence-electron chi connectivity index (χ2n) is 5.27. The zero-order valence-electron chi connectivity index (χ0n) is 12.2. The van der Waals surface area contributed by atoms with Crippen molar-refractivity contribution in [1.82, 2.24) is 10.3 Å². The number of hydrogen-bond acceptors (Lipinski definition) is 2. The maximum Gasteiger partial charge on any atom is 0.0373 e. The summed E-state index contributed by atoms with van der Waals surface area (Å²) in [6.45, 7) is 6.41. The van der Waals surface area contributed by atoms with Gasteiger partial charge in [-0.2, -0.15) is 0 Å². The molecule has 0 fully saturated rings. The fourth-order valence-corrected chi connectivity index (χ4v) is 2.40. The van der Waals surface area contributed by atoms with E-state index in [0.717, 1.165) is 6.42 Å². The van der Waals surface area contributed by atoms with Crippen LogP contribution >= 0.6 is 0 Å². The second kappa shape index (κ2) is 5.98. The molecule has 2 aromatic rings. The zero-order chi connectivity index (χ0) is 13.8. The van der Waals surface area contributed by atoms with Crippen LogP contribution in [0.3, 0.4) is 0 Å². The van der Waals surface area contributed by atoms with Crippen LogP contribution in [-0.4, -0.2) is 12.0 Å². The van der Waals surface area contributed by atoms with Gasteiger partial charge in [-0.1, -0.05) is 29.8 Å². The first-order valence-electron chi connectivity index (χ1n) is 6.75. The summed E-state index contributed by atoms with van der Waals surface area (Å²) in [6, 6.07) is 9.17. The number of aryl methyl sites for hydroxylation is 3. The summed E-state index contributed by atoms with van der Waals surface area (Å²) in [5, 5.41) is 3.40. The van der Waals surface area contributed by atoms with Crippen molar-refractivity contribution < 1.29 is 0 Å². The third-order valence-corrected chi connectivity index (χ3v) is 3.58. The third kappa shape index (κ3) is 3.42. The number of hydrogen-bond donors (Lipinski definition) is 1. The van der Waals surface area contributed by atoms with E-state index in [4.69, 9.17) is 0 Å². The van der Waals surface area contributed by atoms with Crippen molar-refractivity contribution in [2.24, 2.45) is 0 Å². The van der Waals surface area contributed by atoms with E-state index in [1.807, 2.05) is 19.4 Å². The third-order valence-electron chi connectivity index (χ3n) is 3.58. The second-order valence-corrected chi connectivity index (χ2v) is 5.27. The quantitative estimate of drug-likeness (QED) is 0.903. The first-order valence-corrected chi connectivity index (χ1v) is 6.75. The minimum absolute atomic E-state index is 0.313. The number of nitrogens with zero attached hydrogens (tertiary/aromatic N) is 1. The van der Waals surface area contributed by atoms with Crippen LogP contribution in [0.1, 0.15) is 33.9 Å². The van der Waals surface area contributed by atoms with Gasteiger partial charge < -0.3 is 5.32 Å². The van der Waals surface area contributed by atoms with Gasteiger partial charge in [0.25, 0.3) is 0 Å². The summed E-state index contributed by atoms with van der Waals surface area (Å²) in [5.74, 6) is 0. The van der Waals surface area contributed by atoms with Crippen LogP contribution in [0.15, 0.2) is 36.7 Å². The molecule has 0 bridgehead atoms. The van der Waals surface area contributed by atoms with Gasteiger partial charge in [-0.05, 0) is 56.5 Å². The van der Waals surface area contributed by atoms with Crippen LogP contribution < -0.4 is 5.32 Å². The maximum absolute atomic E-state index is 4.29. The van der Waals surface area contributed by atoms with Crippen LogP contribution in [0.2, 0.25) is 0 Å². The van der Waals surface area contributed by atoms with Gasteiger partial charge in [-0.3, -0.25) is 4.98 Å². The molecule has 19 heavy (non-hydrogen) atoms. The first-order chi connectivity index (χ1) is 9.10. The Bertz CT molecular complexity index is 561. The Morgan fingerprint density at radius 2 is 1.84 bits per heavy atom. The number of pyridine rings is 1. The smallest absolute Gasteiger partial charge is 0.0373 e. The fourth-order valence-electron chi connectivity index (χ4n) is 2.40. The molecule has 1 unspecified atom stereocenters. The molecule has 1 N–H and O–H groups in total. The Morgan fingerprint density at radius 3 is 2.53 bits per heavy atom. The fraction of sp³-hybridized carbons (Fsp3) is 0.353. The van der Waals surface area contributed by atoms with E-state index in [2.05, 4.69) is 55.3 Å². The number of likely N-dealkylation sites (N-methyl/N-ethyl adjacent to an activating group) is 1. The van der Waals surface area contributed by atoms with Crippen LogP contribution in [-0.2, 0) is 6.42 Å². The number of benzene rings is 1. The molecule has 0 amide bonds. The molecule has 0 radical (unpaired) electrons. The number of aromatic nitrogens is 1. The highest BCUT2D eigenvalue weighted by atomic mass is 14.9. The monoisotopic (exact) mass is 254 g/mol. The van der Waals surface area contributed by atoms with Gasteiger partial charge in [0.05, 0.1) is 0 Å². The highest BCUT2D eigenvalue weighted by Crippen LogP contribution is 2.21. The normalized spacial score (nSPS) is 12.4. The summed E-state index contributed by atoms with van der Waals surface area (Å²) in [4.78, 5) is 4.29. The van der Waals surface area contributed by atoms with Crippen LogP contribution in [0.5, 0.6) is 0 Å². The molecular weight excluding hydrogens is 232 g/mol. The maximum atomic E-state index is 4.29. The first kappa shape index (κ1) is 13.8. The van der Waals surface area contributed by atoms with Crippen LogP contribution in [0.4, 0.5) is 0 Å².